The van der Waals surface area contributed by atoms with Crippen LogP contribution in [0.2, 0.25) is 0 Å². The van der Waals surface area contributed by atoms with Gasteiger partial charge in [-0.2, -0.15) is 0 Å². The van der Waals surface area contributed by atoms with Crippen LogP contribution in [-0.4, -0.2) is 5.91 Å². The van der Waals surface area contributed by atoms with Crippen LogP contribution in [0.1, 0.15) is 24.9 Å². The Hall–Kier alpha value is -1.25. The molecule has 0 radical (unpaired) electrons. The van der Waals surface area contributed by atoms with Gasteiger partial charge in [0.2, 0.25) is 5.91 Å². The van der Waals surface area contributed by atoms with E-state index in [0.29, 0.717) is 12.8 Å². The Labute approximate surface area is 71.6 Å². The van der Waals surface area contributed by atoms with Gasteiger partial charge in [0.1, 0.15) is 11.5 Å². The molecule has 0 atom stereocenters. The monoisotopic (exact) mass is 167 g/mol. The van der Waals surface area contributed by atoms with Crippen LogP contribution < -0.4 is 5.73 Å². The van der Waals surface area contributed by atoms with Crippen LogP contribution >= 0.6 is 0 Å². The summed E-state index contributed by atoms with van der Waals surface area (Å²) in [7, 11) is 0. The first-order chi connectivity index (χ1) is 5.72. The second-order valence-corrected chi connectivity index (χ2v) is 2.69. The summed E-state index contributed by atoms with van der Waals surface area (Å²) in [6, 6.07) is 3.82. The van der Waals surface area contributed by atoms with Crippen molar-refractivity contribution in [3.63, 3.8) is 0 Å². The Balaban J connectivity index is 2.47. The van der Waals surface area contributed by atoms with E-state index < -0.39 is 0 Å². The second kappa shape index (κ2) is 3.95. The average molecular weight is 167 g/mol. The molecule has 1 heterocycles. The van der Waals surface area contributed by atoms with Gasteiger partial charge in [0.05, 0.1) is 0 Å². The third-order valence-electron chi connectivity index (χ3n) is 1.68. The van der Waals surface area contributed by atoms with Gasteiger partial charge in [-0.05, 0) is 12.1 Å². The molecule has 0 saturated heterocycles. The molecule has 1 aromatic heterocycles. The first kappa shape index (κ1) is 8.84. The average Bonchev–Trinajstić information content (AvgIpc) is 2.48. The third kappa shape index (κ3) is 2.42. The SMILES string of the molecule is CCc1ccc(CCC(N)=O)o1. The van der Waals surface area contributed by atoms with Gasteiger partial charge in [-0.1, -0.05) is 6.92 Å². The van der Waals surface area contributed by atoms with E-state index in [0.717, 1.165) is 17.9 Å². The lowest BCUT2D eigenvalue weighted by molar-refractivity contribution is -0.118. The molecule has 66 valence electrons. The maximum atomic E-state index is 10.4. The van der Waals surface area contributed by atoms with Crippen molar-refractivity contribution >= 4 is 5.91 Å². The molecular formula is C9H13NO2. The zero-order chi connectivity index (χ0) is 8.97. The summed E-state index contributed by atoms with van der Waals surface area (Å²) < 4.78 is 5.38. The molecule has 3 heteroatoms. The number of primary amides is 1. The van der Waals surface area contributed by atoms with E-state index in [2.05, 4.69) is 0 Å². The maximum absolute atomic E-state index is 10.4. The van der Waals surface area contributed by atoms with Crippen molar-refractivity contribution in [1.29, 1.82) is 0 Å². The molecule has 0 fully saturated rings. The molecule has 3 nitrogen and oxygen atoms in total. The Kier molecular flexibility index (Phi) is 2.91. The lowest BCUT2D eigenvalue weighted by Gasteiger charge is -1.92. The quantitative estimate of drug-likeness (QED) is 0.733. The molecule has 0 bridgehead atoms. The Morgan fingerprint density at radius 2 is 2.17 bits per heavy atom. The number of nitrogens with two attached hydrogens (primary N) is 1. The fourth-order valence-electron chi connectivity index (χ4n) is 0.993. The third-order valence-corrected chi connectivity index (χ3v) is 1.68. The Morgan fingerprint density at radius 1 is 1.50 bits per heavy atom. The number of amides is 1. The number of rotatable bonds is 4. The number of hydrogen-bond acceptors (Lipinski definition) is 2. The molecule has 0 spiro atoms. The zero-order valence-electron chi connectivity index (χ0n) is 7.17. The minimum atomic E-state index is -0.288. The van der Waals surface area contributed by atoms with Crippen LogP contribution in [0.3, 0.4) is 0 Å². The summed E-state index contributed by atoms with van der Waals surface area (Å²) >= 11 is 0. The highest BCUT2D eigenvalue weighted by Crippen LogP contribution is 2.09. The zero-order valence-corrected chi connectivity index (χ0v) is 7.17. The summed E-state index contributed by atoms with van der Waals surface area (Å²) in [5, 5.41) is 0. The first-order valence-corrected chi connectivity index (χ1v) is 4.08. The highest BCUT2D eigenvalue weighted by molar-refractivity contribution is 5.73. The Bertz CT molecular complexity index is 265. The van der Waals surface area contributed by atoms with E-state index in [1.54, 1.807) is 0 Å². The van der Waals surface area contributed by atoms with Crippen LogP contribution in [0.15, 0.2) is 16.5 Å². The summed E-state index contributed by atoms with van der Waals surface area (Å²) in [4.78, 5) is 10.4. The van der Waals surface area contributed by atoms with Crippen LogP contribution in [0.25, 0.3) is 0 Å². The summed E-state index contributed by atoms with van der Waals surface area (Å²) in [5.74, 6) is 1.50. The molecule has 1 aromatic rings. The predicted molar refractivity (Wildman–Crippen MR) is 45.6 cm³/mol. The van der Waals surface area contributed by atoms with E-state index in [1.165, 1.54) is 0 Å². The van der Waals surface area contributed by atoms with Crippen molar-refractivity contribution in [2.75, 3.05) is 0 Å². The van der Waals surface area contributed by atoms with E-state index >= 15 is 0 Å². The molecule has 0 aliphatic heterocycles. The lowest BCUT2D eigenvalue weighted by Crippen LogP contribution is -2.10. The van der Waals surface area contributed by atoms with Gasteiger partial charge >= 0.3 is 0 Å². The Morgan fingerprint density at radius 3 is 2.67 bits per heavy atom. The maximum Gasteiger partial charge on any atom is 0.217 e. The highest BCUT2D eigenvalue weighted by Gasteiger charge is 2.01. The highest BCUT2D eigenvalue weighted by atomic mass is 16.3. The number of carbonyl (C=O) groups is 1. The normalized spacial score (nSPS) is 10.1. The predicted octanol–water partition coefficient (Wildman–Crippen LogP) is 1.26. The van der Waals surface area contributed by atoms with Crippen LogP contribution in [0, 0.1) is 0 Å². The van der Waals surface area contributed by atoms with E-state index in [1.807, 2.05) is 19.1 Å². The topological polar surface area (TPSA) is 56.2 Å². The molecule has 12 heavy (non-hydrogen) atoms. The van der Waals surface area contributed by atoms with E-state index in [9.17, 15) is 4.79 Å². The fourth-order valence-corrected chi connectivity index (χ4v) is 0.993. The lowest BCUT2D eigenvalue weighted by atomic mass is 10.2. The van der Waals surface area contributed by atoms with Crippen molar-refractivity contribution in [1.82, 2.24) is 0 Å². The standard InChI is InChI=1S/C9H13NO2/c1-2-7-3-4-8(12-7)5-6-9(10)11/h3-4H,2,5-6H2,1H3,(H2,10,11). The molecule has 0 aliphatic carbocycles. The van der Waals surface area contributed by atoms with Gasteiger partial charge in [-0.3, -0.25) is 4.79 Å². The number of hydrogen-bond donors (Lipinski definition) is 1. The number of carbonyl (C=O) groups excluding carboxylic acids is 1. The molecule has 0 unspecified atom stereocenters. The van der Waals surface area contributed by atoms with Crippen LogP contribution in [-0.2, 0) is 17.6 Å². The van der Waals surface area contributed by atoms with Gasteiger partial charge in [0.15, 0.2) is 0 Å². The molecule has 1 rings (SSSR count). The molecule has 0 saturated carbocycles. The molecule has 2 N–H and O–H groups in total. The van der Waals surface area contributed by atoms with E-state index in [-0.39, 0.29) is 5.91 Å². The van der Waals surface area contributed by atoms with Crippen molar-refractivity contribution in [3.8, 4) is 0 Å². The van der Waals surface area contributed by atoms with Crippen LogP contribution in [0.4, 0.5) is 0 Å². The van der Waals surface area contributed by atoms with Gasteiger partial charge in [0.25, 0.3) is 0 Å². The van der Waals surface area contributed by atoms with Gasteiger partial charge in [-0.25, -0.2) is 0 Å². The largest absolute Gasteiger partial charge is 0.466 e. The minimum Gasteiger partial charge on any atom is -0.466 e. The smallest absolute Gasteiger partial charge is 0.217 e. The summed E-state index contributed by atoms with van der Waals surface area (Å²) in [5.41, 5.74) is 5.00. The van der Waals surface area contributed by atoms with Gasteiger partial charge in [-0.15, -0.1) is 0 Å². The number of aryl methyl sites for hydroxylation is 2. The van der Waals surface area contributed by atoms with E-state index in [4.69, 9.17) is 10.2 Å². The summed E-state index contributed by atoms with van der Waals surface area (Å²) in [6.45, 7) is 2.02. The molecular weight excluding hydrogens is 154 g/mol. The van der Waals surface area contributed by atoms with Crippen molar-refractivity contribution in [2.24, 2.45) is 5.73 Å². The van der Waals surface area contributed by atoms with Crippen molar-refractivity contribution in [2.45, 2.75) is 26.2 Å². The summed E-state index contributed by atoms with van der Waals surface area (Å²) in [6.07, 6.45) is 1.85. The molecule has 1 amide bonds. The van der Waals surface area contributed by atoms with Crippen molar-refractivity contribution < 1.29 is 9.21 Å². The minimum absolute atomic E-state index is 0.288. The second-order valence-electron chi connectivity index (χ2n) is 2.69. The fraction of sp³-hybridized carbons (Fsp3) is 0.444. The number of furan rings is 1. The first-order valence-electron chi connectivity index (χ1n) is 4.08. The molecule has 0 aliphatic rings. The van der Waals surface area contributed by atoms with Gasteiger partial charge < -0.3 is 10.2 Å². The van der Waals surface area contributed by atoms with Crippen LogP contribution in [0.5, 0.6) is 0 Å². The van der Waals surface area contributed by atoms with Gasteiger partial charge in [0, 0.05) is 19.3 Å². The molecule has 0 aromatic carbocycles. The van der Waals surface area contributed by atoms with Crippen molar-refractivity contribution in [3.05, 3.63) is 23.7 Å².